The molecular weight excluding hydrogens is 311 g/mol. The van der Waals surface area contributed by atoms with Gasteiger partial charge in [-0.25, -0.2) is 4.39 Å². The zero-order valence-electron chi connectivity index (χ0n) is 14.7. The molecule has 5 nitrogen and oxygen atoms in total. The summed E-state index contributed by atoms with van der Waals surface area (Å²) in [6.45, 7) is 1.62. The lowest BCUT2D eigenvalue weighted by molar-refractivity contribution is -0.130. The van der Waals surface area contributed by atoms with Crippen LogP contribution in [0, 0.1) is 5.82 Å². The summed E-state index contributed by atoms with van der Waals surface area (Å²) >= 11 is 0. The molecule has 0 aromatic heterocycles. The Balaban J connectivity index is 2.02. The summed E-state index contributed by atoms with van der Waals surface area (Å²) in [4.78, 5) is 15.3. The number of β-amino-alcohol motifs (C(OH)–C–C–N with tert-alkyl or cyclic N) is 1. The average molecular weight is 338 g/mol. The Morgan fingerprint density at radius 2 is 2.21 bits per heavy atom. The summed E-state index contributed by atoms with van der Waals surface area (Å²) in [7, 11) is 4.95. The van der Waals surface area contributed by atoms with Crippen molar-refractivity contribution in [3.05, 3.63) is 29.6 Å². The zero-order chi connectivity index (χ0) is 17.7. The highest BCUT2D eigenvalue weighted by molar-refractivity contribution is 5.75. The molecule has 1 amide bonds. The predicted octanol–water partition coefficient (Wildman–Crippen LogP) is 2.03. The Bertz CT molecular complexity index is 579. The molecule has 6 heteroatoms. The van der Waals surface area contributed by atoms with Gasteiger partial charge in [-0.2, -0.15) is 0 Å². The molecule has 0 radical (unpaired) electrons. The highest BCUT2D eigenvalue weighted by Crippen LogP contribution is 2.29. The molecular formula is C18H27FN2O3. The molecule has 1 N–H and O–H groups in total. The second-order valence-electron chi connectivity index (χ2n) is 6.75. The van der Waals surface area contributed by atoms with Crippen molar-refractivity contribution in [3.8, 4) is 5.75 Å². The highest BCUT2D eigenvalue weighted by atomic mass is 19.1. The summed E-state index contributed by atoms with van der Waals surface area (Å²) in [5, 5.41) is 10.8. The largest absolute Gasteiger partial charge is 0.496 e. The number of rotatable bonds is 6. The minimum atomic E-state index is -0.900. The normalized spacial score (nSPS) is 21.5. The Hall–Kier alpha value is -1.66. The first kappa shape index (κ1) is 18.7. The number of carbonyl (C=O) groups is 1. The number of methoxy groups -OCH3 is 1. The van der Waals surface area contributed by atoms with Gasteiger partial charge in [0, 0.05) is 39.2 Å². The van der Waals surface area contributed by atoms with Gasteiger partial charge in [-0.05, 0) is 37.9 Å². The first-order valence-electron chi connectivity index (χ1n) is 8.31. The molecule has 1 aromatic rings. The van der Waals surface area contributed by atoms with Gasteiger partial charge in [0.25, 0.3) is 0 Å². The summed E-state index contributed by atoms with van der Waals surface area (Å²) in [6.07, 6.45) is 2.23. The van der Waals surface area contributed by atoms with E-state index in [0.29, 0.717) is 43.7 Å². The monoisotopic (exact) mass is 338 g/mol. The van der Waals surface area contributed by atoms with Gasteiger partial charge in [0.1, 0.15) is 11.6 Å². The van der Waals surface area contributed by atoms with Crippen LogP contribution in [-0.2, 0) is 11.3 Å². The molecule has 0 saturated carbocycles. The third-order valence-corrected chi connectivity index (χ3v) is 4.61. The van der Waals surface area contributed by atoms with E-state index in [9.17, 15) is 14.3 Å². The quantitative estimate of drug-likeness (QED) is 0.862. The van der Waals surface area contributed by atoms with Gasteiger partial charge >= 0.3 is 0 Å². The second-order valence-corrected chi connectivity index (χ2v) is 6.75. The van der Waals surface area contributed by atoms with E-state index in [4.69, 9.17) is 4.74 Å². The van der Waals surface area contributed by atoms with Crippen molar-refractivity contribution in [1.82, 2.24) is 9.80 Å². The van der Waals surface area contributed by atoms with E-state index in [1.807, 2.05) is 4.90 Å². The molecule has 1 heterocycles. The maximum Gasteiger partial charge on any atom is 0.222 e. The lowest BCUT2D eigenvalue weighted by Crippen LogP contribution is -2.48. The number of ether oxygens (including phenoxy) is 1. The van der Waals surface area contributed by atoms with Crippen LogP contribution in [0.25, 0.3) is 0 Å². The molecule has 134 valence electrons. The summed E-state index contributed by atoms with van der Waals surface area (Å²) < 4.78 is 19.4. The maximum absolute atomic E-state index is 14.1. The van der Waals surface area contributed by atoms with Crippen LogP contribution in [0.3, 0.4) is 0 Å². The van der Waals surface area contributed by atoms with Crippen LogP contribution in [0.5, 0.6) is 5.75 Å². The van der Waals surface area contributed by atoms with Crippen molar-refractivity contribution >= 4 is 5.91 Å². The van der Waals surface area contributed by atoms with Gasteiger partial charge in [0.05, 0.1) is 12.7 Å². The van der Waals surface area contributed by atoms with E-state index in [1.54, 1.807) is 26.2 Å². The molecule has 0 unspecified atom stereocenters. The summed E-state index contributed by atoms with van der Waals surface area (Å²) in [5.41, 5.74) is -0.392. The van der Waals surface area contributed by atoms with Crippen molar-refractivity contribution in [2.75, 3.05) is 34.3 Å². The topological polar surface area (TPSA) is 53.0 Å². The van der Waals surface area contributed by atoms with Gasteiger partial charge in [0.2, 0.25) is 5.91 Å². The third-order valence-electron chi connectivity index (χ3n) is 4.61. The number of piperidine rings is 1. The highest BCUT2D eigenvalue weighted by Gasteiger charge is 2.34. The fourth-order valence-electron chi connectivity index (χ4n) is 3.22. The number of nitrogens with zero attached hydrogens (tertiary/aromatic N) is 2. The first-order valence-corrected chi connectivity index (χ1v) is 8.31. The van der Waals surface area contributed by atoms with Crippen molar-refractivity contribution in [2.24, 2.45) is 0 Å². The van der Waals surface area contributed by atoms with Gasteiger partial charge in [-0.1, -0.05) is 6.07 Å². The minimum absolute atomic E-state index is 0.0105. The van der Waals surface area contributed by atoms with E-state index in [2.05, 4.69) is 0 Å². The van der Waals surface area contributed by atoms with E-state index < -0.39 is 5.60 Å². The van der Waals surface area contributed by atoms with Crippen LogP contribution in [0.2, 0.25) is 0 Å². The van der Waals surface area contributed by atoms with E-state index >= 15 is 0 Å². The average Bonchev–Trinajstić information content (AvgIpc) is 2.54. The number of aliphatic hydroxyl groups is 1. The molecule has 1 aliphatic heterocycles. The predicted molar refractivity (Wildman–Crippen MR) is 90.3 cm³/mol. The van der Waals surface area contributed by atoms with Crippen LogP contribution in [0.1, 0.15) is 31.2 Å². The molecule has 1 aromatic carbocycles. The Morgan fingerprint density at radius 3 is 2.88 bits per heavy atom. The number of hydrogen-bond acceptors (Lipinski definition) is 4. The van der Waals surface area contributed by atoms with Gasteiger partial charge in [-0.15, -0.1) is 0 Å². The molecule has 1 aliphatic rings. The molecule has 24 heavy (non-hydrogen) atoms. The van der Waals surface area contributed by atoms with Crippen LogP contribution < -0.4 is 4.74 Å². The minimum Gasteiger partial charge on any atom is -0.496 e. The fourth-order valence-corrected chi connectivity index (χ4v) is 3.22. The second kappa shape index (κ2) is 7.94. The van der Waals surface area contributed by atoms with Crippen molar-refractivity contribution < 1.29 is 19.0 Å². The van der Waals surface area contributed by atoms with Gasteiger partial charge in [0.15, 0.2) is 0 Å². The summed E-state index contributed by atoms with van der Waals surface area (Å²) in [6, 6.07) is 4.78. The number of hydrogen-bond donors (Lipinski definition) is 1. The Morgan fingerprint density at radius 1 is 1.46 bits per heavy atom. The van der Waals surface area contributed by atoms with Gasteiger partial charge in [-0.3, -0.25) is 9.69 Å². The van der Waals surface area contributed by atoms with Gasteiger partial charge < -0.3 is 14.7 Å². The number of likely N-dealkylation sites (tertiary alicyclic amines) is 1. The molecule has 1 saturated heterocycles. The SMILES string of the molecule is COc1cccc(F)c1CN1CCC[C@](O)(CCC(=O)N(C)C)C1. The zero-order valence-corrected chi connectivity index (χ0v) is 14.7. The number of amides is 1. The molecule has 0 aliphatic carbocycles. The lowest BCUT2D eigenvalue weighted by Gasteiger charge is -2.39. The molecule has 0 bridgehead atoms. The smallest absolute Gasteiger partial charge is 0.222 e. The van der Waals surface area contributed by atoms with Crippen LogP contribution >= 0.6 is 0 Å². The van der Waals surface area contributed by atoms with Crippen LogP contribution in [-0.4, -0.2) is 60.7 Å². The Kier molecular flexibility index (Phi) is 6.18. The van der Waals surface area contributed by atoms with Crippen molar-refractivity contribution in [2.45, 2.75) is 37.8 Å². The van der Waals surface area contributed by atoms with E-state index in [0.717, 1.165) is 13.0 Å². The third kappa shape index (κ3) is 4.68. The molecule has 2 rings (SSSR count). The Labute approximate surface area is 143 Å². The molecule has 1 atom stereocenters. The van der Waals surface area contributed by atoms with Crippen molar-refractivity contribution in [3.63, 3.8) is 0 Å². The maximum atomic E-state index is 14.1. The fraction of sp³-hybridized carbons (Fsp3) is 0.611. The first-order chi connectivity index (χ1) is 11.3. The van der Waals surface area contributed by atoms with Crippen LogP contribution in [0.4, 0.5) is 4.39 Å². The van der Waals surface area contributed by atoms with E-state index in [1.165, 1.54) is 18.1 Å². The number of halogens is 1. The summed E-state index contributed by atoms with van der Waals surface area (Å²) in [5.74, 6) is 0.231. The van der Waals surface area contributed by atoms with E-state index in [-0.39, 0.29) is 11.7 Å². The lowest BCUT2D eigenvalue weighted by atomic mass is 9.88. The van der Waals surface area contributed by atoms with Crippen LogP contribution in [0.15, 0.2) is 18.2 Å². The molecule has 0 spiro atoms. The number of benzene rings is 1. The number of carbonyl (C=O) groups excluding carboxylic acids is 1. The van der Waals surface area contributed by atoms with Crippen molar-refractivity contribution in [1.29, 1.82) is 0 Å². The molecule has 1 fully saturated rings. The standard InChI is InChI=1S/C18H27FN2O3/c1-20(2)17(22)8-10-18(23)9-5-11-21(13-18)12-14-15(19)6-4-7-16(14)24-3/h4,6-7,23H,5,8-13H2,1-3H3/t18-/m0/s1.